The van der Waals surface area contributed by atoms with E-state index in [-0.39, 0.29) is 11.7 Å². The van der Waals surface area contributed by atoms with Crippen molar-refractivity contribution in [2.45, 2.75) is 6.92 Å². The number of benzene rings is 1. The Morgan fingerprint density at radius 3 is 2.50 bits per heavy atom. The molecule has 1 nitrogen and oxygen atoms in total. The number of carbonyl (C=O) groups excluding carboxylic acids is 1. The van der Waals surface area contributed by atoms with E-state index in [9.17, 15) is 4.79 Å². The third-order valence-electron chi connectivity index (χ3n) is 1.98. The van der Waals surface area contributed by atoms with Gasteiger partial charge in [-0.05, 0) is 30.7 Å². The Hall–Kier alpha value is -0.860. The van der Waals surface area contributed by atoms with Crippen molar-refractivity contribution >= 4 is 39.4 Å². The molecule has 1 aromatic carbocycles. The molecule has 0 unspecified atom stereocenters. The smallest absolute Gasteiger partial charge is 0.177 e. The Bertz CT molecular complexity index is 418. The van der Waals surface area contributed by atoms with Gasteiger partial charge in [-0.15, -0.1) is 11.6 Å². The average molecular weight is 300 g/mol. The van der Waals surface area contributed by atoms with Crippen molar-refractivity contribution < 1.29 is 4.79 Å². The van der Waals surface area contributed by atoms with Crippen molar-refractivity contribution in [1.82, 2.24) is 0 Å². The Morgan fingerprint density at radius 1 is 1.38 bits per heavy atom. The Balaban J connectivity index is 3.02. The summed E-state index contributed by atoms with van der Waals surface area (Å²) >= 11 is 8.90. The largest absolute Gasteiger partial charge is 0.293 e. The first kappa shape index (κ1) is 13.2. The van der Waals surface area contributed by atoms with Gasteiger partial charge in [0.25, 0.3) is 0 Å². The van der Waals surface area contributed by atoms with Gasteiger partial charge in [0.05, 0.1) is 5.88 Å². The molecule has 0 N–H and O–H groups in total. The van der Waals surface area contributed by atoms with Crippen LogP contribution < -0.4 is 0 Å². The third kappa shape index (κ3) is 3.95. The topological polar surface area (TPSA) is 17.1 Å². The maximum Gasteiger partial charge on any atom is 0.177 e. The van der Waals surface area contributed by atoms with E-state index in [1.54, 1.807) is 6.08 Å². The fourth-order valence-corrected chi connectivity index (χ4v) is 1.64. The second kappa shape index (κ2) is 6.66. The van der Waals surface area contributed by atoms with Gasteiger partial charge in [0.15, 0.2) is 5.78 Å². The van der Waals surface area contributed by atoms with Crippen molar-refractivity contribution in [2.75, 3.05) is 5.88 Å². The van der Waals surface area contributed by atoms with Crippen LogP contribution in [-0.4, -0.2) is 11.7 Å². The monoisotopic (exact) mass is 298 g/mol. The van der Waals surface area contributed by atoms with Crippen LogP contribution in [-0.2, 0) is 4.79 Å². The Labute approximate surface area is 109 Å². The van der Waals surface area contributed by atoms with Gasteiger partial charge in [0.2, 0.25) is 0 Å². The molecule has 1 rings (SSSR count). The normalized spacial score (nSPS) is 12.1. The van der Waals surface area contributed by atoms with E-state index in [0.29, 0.717) is 5.57 Å². The van der Waals surface area contributed by atoms with Crippen LogP contribution in [0.2, 0.25) is 0 Å². The highest BCUT2D eigenvalue weighted by molar-refractivity contribution is 9.10. The number of alkyl halides is 1. The number of carbonyl (C=O) groups is 1. The van der Waals surface area contributed by atoms with E-state index < -0.39 is 0 Å². The summed E-state index contributed by atoms with van der Waals surface area (Å²) in [5.74, 6) is -0.0603. The van der Waals surface area contributed by atoms with Gasteiger partial charge in [-0.2, -0.15) is 0 Å². The van der Waals surface area contributed by atoms with E-state index in [0.717, 1.165) is 10.0 Å². The number of hydrogen-bond acceptors (Lipinski definition) is 1. The lowest BCUT2D eigenvalue weighted by molar-refractivity contribution is -0.112. The maximum absolute atomic E-state index is 11.5. The lowest BCUT2D eigenvalue weighted by Crippen LogP contribution is -2.01. The van der Waals surface area contributed by atoms with E-state index in [2.05, 4.69) is 15.9 Å². The van der Waals surface area contributed by atoms with Gasteiger partial charge in [0.1, 0.15) is 0 Å². The molecule has 3 heteroatoms. The van der Waals surface area contributed by atoms with Crippen molar-refractivity contribution in [1.29, 1.82) is 0 Å². The number of halogens is 2. The predicted octanol–water partition coefficient (Wildman–Crippen LogP) is 4.22. The molecule has 1 aromatic rings. The SMILES string of the molecule is CC=CC(=Cc1ccc(Br)cc1)C(=O)CCl. The van der Waals surface area contributed by atoms with Gasteiger partial charge >= 0.3 is 0 Å². The minimum absolute atomic E-state index is 0.00665. The van der Waals surface area contributed by atoms with Gasteiger partial charge in [-0.1, -0.05) is 40.2 Å². The first-order chi connectivity index (χ1) is 7.67. The first-order valence-electron chi connectivity index (χ1n) is 4.86. The molecule has 0 spiro atoms. The van der Waals surface area contributed by atoms with E-state index in [4.69, 9.17) is 11.6 Å². The number of ketones is 1. The number of allylic oxidation sites excluding steroid dienone is 3. The van der Waals surface area contributed by atoms with E-state index in [1.807, 2.05) is 43.3 Å². The zero-order valence-electron chi connectivity index (χ0n) is 8.91. The van der Waals surface area contributed by atoms with Crippen LogP contribution >= 0.6 is 27.5 Å². The molecule has 84 valence electrons. The zero-order valence-corrected chi connectivity index (χ0v) is 11.3. The maximum atomic E-state index is 11.5. The Morgan fingerprint density at radius 2 is 2.00 bits per heavy atom. The van der Waals surface area contributed by atoms with Crippen molar-refractivity contribution in [3.05, 3.63) is 52.0 Å². The lowest BCUT2D eigenvalue weighted by Gasteiger charge is -1.99. The van der Waals surface area contributed by atoms with Crippen LogP contribution in [0.15, 0.2) is 46.5 Å². The summed E-state index contributed by atoms with van der Waals surface area (Å²) < 4.78 is 1.01. The fraction of sp³-hybridized carbons (Fsp3) is 0.154. The van der Waals surface area contributed by atoms with E-state index in [1.165, 1.54) is 0 Å². The fourth-order valence-electron chi connectivity index (χ4n) is 1.22. The molecule has 0 fully saturated rings. The van der Waals surface area contributed by atoms with Gasteiger partial charge in [-0.3, -0.25) is 4.79 Å². The Kier molecular flexibility index (Phi) is 5.50. The summed E-state index contributed by atoms with van der Waals surface area (Å²) in [6.07, 6.45) is 5.43. The molecule has 0 amide bonds. The average Bonchev–Trinajstić information content (AvgIpc) is 2.30. The van der Waals surface area contributed by atoms with E-state index >= 15 is 0 Å². The quantitative estimate of drug-likeness (QED) is 0.462. The van der Waals surface area contributed by atoms with Crippen molar-refractivity contribution in [2.24, 2.45) is 0 Å². The van der Waals surface area contributed by atoms with Crippen molar-refractivity contribution in [3.63, 3.8) is 0 Å². The highest BCUT2D eigenvalue weighted by Crippen LogP contribution is 2.14. The van der Waals surface area contributed by atoms with Gasteiger partial charge in [0, 0.05) is 10.0 Å². The molecule has 16 heavy (non-hydrogen) atoms. The minimum Gasteiger partial charge on any atom is -0.293 e. The molecule has 0 aliphatic rings. The standard InChI is InChI=1S/C13H12BrClO/c1-2-3-11(13(16)9-15)8-10-4-6-12(14)7-5-10/h2-8H,9H2,1H3. The summed E-state index contributed by atoms with van der Waals surface area (Å²) in [6.45, 7) is 1.87. The second-order valence-electron chi connectivity index (χ2n) is 3.21. The summed E-state index contributed by atoms with van der Waals surface area (Å²) in [7, 11) is 0. The van der Waals surface area contributed by atoms with Crippen LogP contribution in [0.25, 0.3) is 6.08 Å². The lowest BCUT2D eigenvalue weighted by atomic mass is 10.1. The second-order valence-corrected chi connectivity index (χ2v) is 4.39. The summed E-state index contributed by atoms with van der Waals surface area (Å²) in [5, 5.41) is 0. The highest BCUT2D eigenvalue weighted by atomic mass is 79.9. The molecule has 0 atom stereocenters. The molecule has 0 aliphatic heterocycles. The summed E-state index contributed by atoms with van der Waals surface area (Å²) in [4.78, 5) is 11.5. The highest BCUT2D eigenvalue weighted by Gasteiger charge is 2.04. The zero-order chi connectivity index (χ0) is 12.0. The molecule has 0 saturated carbocycles. The molecule has 0 radical (unpaired) electrons. The third-order valence-corrected chi connectivity index (χ3v) is 2.75. The van der Waals surface area contributed by atoms with Crippen LogP contribution in [0.1, 0.15) is 12.5 Å². The molecular formula is C13H12BrClO. The van der Waals surface area contributed by atoms with Crippen molar-refractivity contribution in [3.8, 4) is 0 Å². The molecule has 0 bridgehead atoms. The summed E-state index contributed by atoms with van der Waals surface area (Å²) in [5.41, 5.74) is 1.61. The van der Waals surface area contributed by atoms with Crippen LogP contribution in [0.5, 0.6) is 0 Å². The predicted molar refractivity (Wildman–Crippen MR) is 72.7 cm³/mol. The molecule has 0 saturated heterocycles. The molecule has 0 aromatic heterocycles. The van der Waals surface area contributed by atoms with Crippen LogP contribution in [0.3, 0.4) is 0 Å². The van der Waals surface area contributed by atoms with Gasteiger partial charge < -0.3 is 0 Å². The number of hydrogen-bond donors (Lipinski definition) is 0. The number of Topliss-reactive ketones (excluding diaryl/α,β-unsaturated/α-hetero) is 1. The molecule has 0 aliphatic carbocycles. The van der Waals surface area contributed by atoms with Crippen LogP contribution in [0.4, 0.5) is 0 Å². The number of rotatable bonds is 4. The minimum atomic E-state index is -0.0670. The summed E-state index contributed by atoms with van der Waals surface area (Å²) in [6, 6.07) is 7.75. The molecule has 0 heterocycles. The molecular weight excluding hydrogens is 287 g/mol. The first-order valence-corrected chi connectivity index (χ1v) is 6.19. The van der Waals surface area contributed by atoms with Crippen LogP contribution in [0, 0.1) is 0 Å². The van der Waals surface area contributed by atoms with Gasteiger partial charge in [-0.25, -0.2) is 0 Å².